The summed E-state index contributed by atoms with van der Waals surface area (Å²) in [7, 11) is 0. The third kappa shape index (κ3) is 3.36. The van der Waals surface area contributed by atoms with Crippen molar-refractivity contribution in [3.8, 4) is 0 Å². The van der Waals surface area contributed by atoms with Crippen LogP contribution in [-0.4, -0.2) is 29.2 Å². The van der Waals surface area contributed by atoms with E-state index < -0.39 is 0 Å². The highest BCUT2D eigenvalue weighted by atomic mass is 16.1. The molecule has 1 aromatic rings. The molecule has 0 bridgehead atoms. The van der Waals surface area contributed by atoms with Crippen LogP contribution in [0.15, 0.2) is 0 Å². The maximum Gasteiger partial charge on any atom is 0.225 e. The Hall–Kier alpha value is -1.36. The number of rotatable bonds is 5. The first-order chi connectivity index (χ1) is 7.15. The highest BCUT2D eigenvalue weighted by Gasteiger charge is 2.09. The normalized spacial score (nSPS) is 10.3. The molecule has 1 heterocycles. The number of nitrogens with zero attached hydrogens (tertiary/aromatic N) is 1. The van der Waals surface area contributed by atoms with Crippen molar-refractivity contribution in [2.24, 2.45) is 0 Å². The summed E-state index contributed by atoms with van der Waals surface area (Å²) in [6.07, 6.45) is 0.484. The number of nitrogens with one attached hydrogen (secondary N) is 3. The number of aromatic amines is 1. The van der Waals surface area contributed by atoms with Crippen molar-refractivity contribution in [1.29, 1.82) is 0 Å². The first-order valence-corrected chi connectivity index (χ1v) is 5.17. The Kier molecular flexibility index (Phi) is 4.30. The van der Waals surface area contributed by atoms with Crippen molar-refractivity contribution in [2.75, 3.05) is 18.4 Å². The number of aryl methyl sites for hydroxylation is 2. The fraction of sp³-hybridized carbons (Fsp3) is 0.600. The summed E-state index contributed by atoms with van der Waals surface area (Å²) in [5.41, 5.74) is 2.52. The molecule has 0 saturated heterocycles. The molecule has 84 valence electrons. The molecule has 1 amide bonds. The Morgan fingerprint density at radius 2 is 2.20 bits per heavy atom. The molecule has 0 aliphatic rings. The average Bonchev–Trinajstić information content (AvgIpc) is 2.50. The number of hydrogen-bond donors (Lipinski definition) is 3. The van der Waals surface area contributed by atoms with E-state index in [1.54, 1.807) is 0 Å². The van der Waals surface area contributed by atoms with Gasteiger partial charge < -0.3 is 10.6 Å². The lowest BCUT2D eigenvalue weighted by atomic mass is 10.3. The predicted molar refractivity (Wildman–Crippen MR) is 59.9 cm³/mol. The molecule has 0 spiro atoms. The van der Waals surface area contributed by atoms with Crippen LogP contribution in [0.1, 0.15) is 24.7 Å². The zero-order valence-electron chi connectivity index (χ0n) is 9.48. The third-order valence-electron chi connectivity index (χ3n) is 2.17. The molecule has 0 atom stereocenters. The van der Waals surface area contributed by atoms with Gasteiger partial charge in [0.1, 0.15) is 0 Å². The van der Waals surface area contributed by atoms with Crippen LogP contribution in [0.2, 0.25) is 0 Å². The van der Waals surface area contributed by atoms with Crippen molar-refractivity contribution >= 4 is 11.6 Å². The number of amides is 1. The van der Waals surface area contributed by atoms with Gasteiger partial charge in [0, 0.05) is 13.0 Å². The van der Waals surface area contributed by atoms with E-state index in [1.165, 1.54) is 0 Å². The van der Waals surface area contributed by atoms with Gasteiger partial charge in [0.15, 0.2) is 0 Å². The topological polar surface area (TPSA) is 69.8 Å². The summed E-state index contributed by atoms with van der Waals surface area (Å²) in [5, 5.41) is 12.8. The molecule has 0 aliphatic heterocycles. The number of carbonyl (C=O) groups excluding carboxylic acids is 1. The van der Waals surface area contributed by atoms with E-state index in [4.69, 9.17) is 0 Å². The van der Waals surface area contributed by atoms with Crippen LogP contribution in [0, 0.1) is 13.8 Å². The Morgan fingerprint density at radius 1 is 1.47 bits per heavy atom. The maximum absolute atomic E-state index is 11.5. The molecule has 0 radical (unpaired) electrons. The van der Waals surface area contributed by atoms with Crippen LogP contribution >= 0.6 is 0 Å². The third-order valence-corrected chi connectivity index (χ3v) is 2.17. The van der Waals surface area contributed by atoms with Gasteiger partial charge in [-0.25, -0.2) is 0 Å². The minimum absolute atomic E-state index is 0.0172. The number of carbonyl (C=O) groups is 1. The van der Waals surface area contributed by atoms with Crippen LogP contribution in [0.5, 0.6) is 0 Å². The van der Waals surface area contributed by atoms with Gasteiger partial charge in [-0.2, -0.15) is 5.10 Å². The molecule has 0 fully saturated rings. The Labute approximate surface area is 89.6 Å². The molecule has 0 saturated carbocycles. The van der Waals surface area contributed by atoms with Crippen molar-refractivity contribution in [2.45, 2.75) is 27.2 Å². The van der Waals surface area contributed by atoms with E-state index in [-0.39, 0.29) is 5.91 Å². The zero-order valence-corrected chi connectivity index (χ0v) is 9.48. The second kappa shape index (κ2) is 5.50. The Balaban J connectivity index is 2.44. The van der Waals surface area contributed by atoms with Crippen LogP contribution in [0.3, 0.4) is 0 Å². The van der Waals surface area contributed by atoms with Gasteiger partial charge in [-0.05, 0) is 20.4 Å². The molecule has 1 aromatic heterocycles. The molecule has 0 aliphatic carbocycles. The molecule has 0 aromatic carbocycles. The van der Waals surface area contributed by atoms with Gasteiger partial charge in [-0.3, -0.25) is 9.89 Å². The van der Waals surface area contributed by atoms with E-state index >= 15 is 0 Å². The minimum atomic E-state index is 0.0172. The average molecular weight is 210 g/mol. The van der Waals surface area contributed by atoms with Crippen molar-refractivity contribution < 1.29 is 4.79 Å². The first kappa shape index (κ1) is 11.7. The summed E-state index contributed by atoms with van der Waals surface area (Å²) in [6, 6.07) is 0. The number of hydrogen-bond acceptors (Lipinski definition) is 3. The monoisotopic (exact) mass is 210 g/mol. The van der Waals surface area contributed by atoms with Crippen LogP contribution in [0.25, 0.3) is 0 Å². The lowest BCUT2D eigenvalue weighted by molar-refractivity contribution is -0.116. The van der Waals surface area contributed by atoms with Crippen molar-refractivity contribution in [3.05, 3.63) is 11.4 Å². The largest absolute Gasteiger partial charge is 0.323 e. The molecule has 5 nitrogen and oxygen atoms in total. The van der Waals surface area contributed by atoms with E-state index in [0.717, 1.165) is 23.6 Å². The highest BCUT2D eigenvalue weighted by molar-refractivity contribution is 5.91. The van der Waals surface area contributed by atoms with E-state index in [0.29, 0.717) is 13.0 Å². The van der Waals surface area contributed by atoms with Crippen molar-refractivity contribution in [3.63, 3.8) is 0 Å². The lowest BCUT2D eigenvalue weighted by Gasteiger charge is -2.05. The van der Waals surface area contributed by atoms with Gasteiger partial charge in [0.25, 0.3) is 0 Å². The molecular formula is C10H18N4O. The predicted octanol–water partition coefficient (Wildman–Crippen LogP) is 0.965. The van der Waals surface area contributed by atoms with E-state index in [9.17, 15) is 4.79 Å². The molecule has 1 rings (SSSR count). The first-order valence-electron chi connectivity index (χ1n) is 5.17. The SMILES string of the molecule is CCNCCC(=O)Nc1c(C)n[nH]c1C. The molecule has 15 heavy (non-hydrogen) atoms. The number of anilines is 1. The van der Waals surface area contributed by atoms with Gasteiger partial charge in [-0.15, -0.1) is 0 Å². The minimum Gasteiger partial charge on any atom is -0.323 e. The fourth-order valence-corrected chi connectivity index (χ4v) is 1.32. The smallest absolute Gasteiger partial charge is 0.225 e. The van der Waals surface area contributed by atoms with Gasteiger partial charge >= 0.3 is 0 Å². The Morgan fingerprint density at radius 3 is 2.73 bits per heavy atom. The number of aromatic nitrogens is 2. The fourth-order valence-electron chi connectivity index (χ4n) is 1.32. The van der Waals surface area contributed by atoms with Gasteiger partial charge in [0.2, 0.25) is 5.91 Å². The lowest BCUT2D eigenvalue weighted by Crippen LogP contribution is -2.21. The maximum atomic E-state index is 11.5. The van der Waals surface area contributed by atoms with E-state index in [2.05, 4.69) is 20.8 Å². The second-order valence-corrected chi connectivity index (χ2v) is 3.46. The summed E-state index contributed by atoms with van der Waals surface area (Å²) in [6.45, 7) is 7.36. The standard InChI is InChI=1S/C10H18N4O/c1-4-11-6-5-9(15)12-10-7(2)13-14-8(10)3/h11H,4-6H2,1-3H3,(H,12,15)(H,13,14). The summed E-state index contributed by atoms with van der Waals surface area (Å²) >= 11 is 0. The zero-order chi connectivity index (χ0) is 11.3. The second-order valence-electron chi connectivity index (χ2n) is 3.46. The number of H-pyrrole nitrogens is 1. The highest BCUT2D eigenvalue weighted by Crippen LogP contribution is 2.15. The summed E-state index contributed by atoms with van der Waals surface area (Å²) < 4.78 is 0. The van der Waals surface area contributed by atoms with Crippen LogP contribution in [0.4, 0.5) is 5.69 Å². The van der Waals surface area contributed by atoms with Crippen LogP contribution in [-0.2, 0) is 4.79 Å². The molecular weight excluding hydrogens is 192 g/mol. The van der Waals surface area contributed by atoms with Crippen LogP contribution < -0.4 is 10.6 Å². The molecule has 3 N–H and O–H groups in total. The summed E-state index contributed by atoms with van der Waals surface area (Å²) in [5.74, 6) is 0.0172. The van der Waals surface area contributed by atoms with Gasteiger partial charge in [-0.1, -0.05) is 6.92 Å². The molecule has 0 unspecified atom stereocenters. The quantitative estimate of drug-likeness (QED) is 0.634. The van der Waals surface area contributed by atoms with Crippen molar-refractivity contribution in [1.82, 2.24) is 15.5 Å². The Bertz CT molecular complexity index is 313. The van der Waals surface area contributed by atoms with E-state index in [1.807, 2.05) is 20.8 Å². The molecule has 5 heteroatoms. The summed E-state index contributed by atoms with van der Waals surface area (Å²) in [4.78, 5) is 11.5. The van der Waals surface area contributed by atoms with Gasteiger partial charge in [0.05, 0.1) is 17.1 Å².